The van der Waals surface area contributed by atoms with Crippen molar-refractivity contribution in [3.8, 4) is 6.07 Å². The molecule has 0 bridgehead atoms. The highest BCUT2D eigenvalue weighted by Gasteiger charge is 2.15. The molecule has 3 aromatic rings. The van der Waals surface area contributed by atoms with Gasteiger partial charge in [-0.05, 0) is 24.3 Å². The normalized spacial score (nSPS) is 11.2. The van der Waals surface area contributed by atoms with Gasteiger partial charge in [-0.15, -0.1) is 0 Å². The van der Waals surface area contributed by atoms with Gasteiger partial charge in [-0.2, -0.15) is 5.26 Å². The number of benzene rings is 2. The van der Waals surface area contributed by atoms with Crippen LogP contribution in [0.15, 0.2) is 53.1 Å². The number of rotatable bonds is 4. The lowest BCUT2D eigenvalue weighted by atomic mass is 10.2. The standard InChI is InChI=1S/C16H9ClN4O3/c17-11-5-6-12(14(7-11)21(22)23)19-9-10(8-18)16-20-13-3-1-2-4-15(13)24-16/h1-7,9,19H/b10-9+. The van der Waals surface area contributed by atoms with Crippen LogP contribution < -0.4 is 5.32 Å². The molecule has 0 unspecified atom stereocenters. The van der Waals surface area contributed by atoms with E-state index >= 15 is 0 Å². The summed E-state index contributed by atoms with van der Waals surface area (Å²) in [4.78, 5) is 14.7. The van der Waals surface area contributed by atoms with Gasteiger partial charge in [-0.25, -0.2) is 4.98 Å². The van der Waals surface area contributed by atoms with Gasteiger partial charge in [0.15, 0.2) is 5.58 Å². The fourth-order valence-electron chi connectivity index (χ4n) is 2.06. The van der Waals surface area contributed by atoms with E-state index in [9.17, 15) is 15.4 Å². The molecule has 0 aliphatic rings. The van der Waals surface area contributed by atoms with Gasteiger partial charge in [0.05, 0.1) is 4.92 Å². The van der Waals surface area contributed by atoms with E-state index in [4.69, 9.17) is 16.0 Å². The highest BCUT2D eigenvalue weighted by atomic mass is 35.5. The van der Waals surface area contributed by atoms with Crippen molar-refractivity contribution >= 4 is 39.6 Å². The first-order chi connectivity index (χ1) is 11.6. The zero-order valence-corrected chi connectivity index (χ0v) is 12.8. The summed E-state index contributed by atoms with van der Waals surface area (Å²) in [5.74, 6) is 0.128. The van der Waals surface area contributed by atoms with Crippen molar-refractivity contribution < 1.29 is 9.34 Å². The van der Waals surface area contributed by atoms with E-state index in [1.54, 1.807) is 24.3 Å². The third kappa shape index (κ3) is 3.04. The number of para-hydroxylation sites is 2. The van der Waals surface area contributed by atoms with Gasteiger partial charge < -0.3 is 9.73 Å². The van der Waals surface area contributed by atoms with Crippen molar-refractivity contribution in [3.63, 3.8) is 0 Å². The predicted molar refractivity (Wildman–Crippen MR) is 89.3 cm³/mol. The molecule has 0 spiro atoms. The van der Waals surface area contributed by atoms with Crippen LogP contribution in [0.4, 0.5) is 11.4 Å². The van der Waals surface area contributed by atoms with Gasteiger partial charge in [0, 0.05) is 17.3 Å². The molecule has 0 fully saturated rings. The molecule has 0 atom stereocenters. The lowest BCUT2D eigenvalue weighted by molar-refractivity contribution is -0.383. The molecule has 0 aliphatic carbocycles. The van der Waals surface area contributed by atoms with Crippen LogP contribution >= 0.6 is 11.6 Å². The fraction of sp³-hybridized carbons (Fsp3) is 0. The van der Waals surface area contributed by atoms with Crippen LogP contribution in [0.1, 0.15) is 5.89 Å². The molecule has 0 amide bonds. The summed E-state index contributed by atoms with van der Waals surface area (Å²) in [6.45, 7) is 0. The van der Waals surface area contributed by atoms with E-state index in [1.807, 2.05) is 6.07 Å². The van der Waals surface area contributed by atoms with Gasteiger partial charge in [0.1, 0.15) is 22.8 Å². The number of nitriles is 1. The quantitative estimate of drug-likeness (QED) is 0.429. The molecule has 7 nitrogen and oxygen atoms in total. The lowest BCUT2D eigenvalue weighted by Gasteiger charge is -2.03. The van der Waals surface area contributed by atoms with E-state index < -0.39 is 4.92 Å². The monoisotopic (exact) mass is 340 g/mol. The number of halogens is 1. The van der Waals surface area contributed by atoms with Crippen molar-refractivity contribution in [1.82, 2.24) is 4.98 Å². The van der Waals surface area contributed by atoms with Crippen molar-refractivity contribution in [2.45, 2.75) is 0 Å². The summed E-state index contributed by atoms with van der Waals surface area (Å²) in [5.41, 5.74) is 1.27. The molecule has 0 aliphatic heterocycles. The maximum Gasteiger partial charge on any atom is 0.294 e. The summed E-state index contributed by atoms with van der Waals surface area (Å²) >= 11 is 5.77. The van der Waals surface area contributed by atoms with E-state index in [0.29, 0.717) is 11.1 Å². The molecule has 0 saturated carbocycles. The maximum atomic E-state index is 11.1. The minimum absolute atomic E-state index is 0.107. The smallest absolute Gasteiger partial charge is 0.294 e. The SMILES string of the molecule is N#C/C(=C\Nc1ccc(Cl)cc1[N+](=O)[O-])c1nc2ccccc2o1. The number of nitrogens with zero attached hydrogens (tertiary/aromatic N) is 3. The Labute approximate surface area is 140 Å². The van der Waals surface area contributed by atoms with Crippen LogP contribution in [0.5, 0.6) is 0 Å². The summed E-state index contributed by atoms with van der Waals surface area (Å²) in [6, 6.07) is 13.2. The van der Waals surface area contributed by atoms with Crippen LogP contribution in [-0.2, 0) is 0 Å². The molecule has 118 valence electrons. The number of hydrogen-bond acceptors (Lipinski definition) is 6. The van der Waals surface area contributed by atoms with Crippen LogP contribution in [0.2, 0.25) is 5.02 Å². The second kappa shape index (κ2) is 6.40. The van der Waals surface area contributed by atoms with E-state index in [-0.39, 0.29) is 27.9 Å². The Morgan fingerprint density at radius 2 is 2.17 bits per heavy atom. The lowest BCUT2D eigenvalue weighted by Crippen LogP contribution is -1.97. The summed E-state index contributed by atoms with van der Waals surface area (Å²) in [5, 5.41) is 23.3. The Morgan fingerprint density at radius 3 is 2.88 bits per heavy atom. The Morgan fingerprint density at radius 1 is 1.38 bits per heavy atom. The molecule has 0 saturated heterocycles. The number of nitro groups is 1. The van der Waals surface area contributed by atoms with Crippen molar-refractivity contribution in [1.29, 1.82) is 5.26 Å². The highest BCUT2D eigenvalue weighted by Crippen LogP contribution is 2.28. The maximum absolute atomic E-state index is 11.1. The first-order valence-corrected chi connectivity index (χ1v) is 7.13. The minimum atomic E-state index is -0.562. The largest absolute Gasteiger partial charge is 0.435 e. The Balaban J connectivity index is 1.95. The molecule has 8 heteroatoms. The van der Waals surface area contributed by atoms with Crippen LogP contribution in [-0.4, -0.2) is 9.91 Å². The predicted octanol–water partition coefficient (Wildman–Crippen LogP) is 4.37. The zero-order chi connectivity index (χ0) is 17.1. The number of nitro benzene ring substituents is 1. The van der Waals surface area contributed by atoms with E-state index in [0.717, 1.165) is 0 Å². The Bertz CT molecular complexity index is 971. The number of hydrogen-bond donors (Lipinski definition) is 1. The molecule has 3 rings (SSSR count). The highest BCUT2D eigenvalue weighted by molar-refractivity contribution is 6.30. The summed E-state index contributed by atoms with van der Waals surface area (Å²) in [7, 11) is 0. The molecular weight excluding hydrogens is 332 g/mol. The number of anilines is 1. The van der Waals surface area contributed by atoms with Crippen LogP contribution in [0.25, 0.3) is 16.7 Å². The zero-order valence-electron chi connectivity index (χ0n) is 12.1. The van der Waals surface area contributed by atoms with E-state index in [2.05, 4.69) is 10.3 Å². The number of allylic oxidation sites excluding steroid dienone is 1. The van der Waals surface area contributed by atoms with Crippen molar-refractivity contribution in [2.24, 2.45) is 0 Å². The van der Waals surface area contributed by atoms with Crippen LogP contribution in [0, 0.1) is 21.4 Å². The first kappa shape index (κ1) is 15.5. The van der Waals surface area contributed by atoms with Gasteiger partial charge >= 0.3 is 0 Å². The number of aromatic nitrogens is 1. The molecule has 1 N–H and O–H groups in total. The van der Waals surface area contributed by atoms with Gasteiger partial charge in [-0.3, -0.25) is 10.1 Å². The topological polar surface area (TPSA) is 105 Å². The first-order valence-electron chi connectivity index (χ1n) is 6.75. The van der Waals surface area contributed by atoms with Gasteiger partial charge in [0.2, 0.25) is 5.89 Å². The number of fused-ring (bicyclic) bond motifs is 1. The summed E-state index contributed by atoms with van der Waals surface area (Å²) in [6.07, 6.45) is 1.31. The van der Waals surface area contributed by atoms with E-state index in [1.165, 1.54) is 24.4 Å². The number of nitrogens with one attached hydrogen (secondary N) is 1. The molecule has 0 radical (unpaired) electrons. The third-order valence-electron chi connectivity index (χ3n) is 3.17. The molecule has 24 heavy (non-hydrogen) atoms. The average Bonchev–Trinajstić information content (AvgIpc) is 3.00. The third-order valence-corrected chi connectivity index (χ3v) is 3.41. The van der Waals surface area contributed by atoms with Gasteiger partial charge in [-0.1, -0.05) is 23.7 Å². The molecule has 1 aromatic heterocycles. The van der Waals surface area contributed by atoms with Gasteiger partial charge in [0.25, 0.3) is 5.69 Å². The van der Waals surface area contributed by atoms with Crippen molar-refractivity contribution in [2.75, 3.05) is 5.32 Å². The summed E-state index contributed by atoms with van der Waals surface area (Å²) < 4.78 is 5.51. The molecule has 1 heterocycles. The van der Waals surface area contributed by atoms with Crippen LogP contribution in [0.3, 0.4) is 0 Å². The molecular formula is C16H9ClN4O3. The fourth-order valence-corrected chi connectivity index (χ4v) is 2.22. The Kier molecular flexibility index (Phi) is 4.14. The minimum Gasteiger partial charge on any atom is -0.435 e. The Hall–Kier alpha value is -3.37. The number of oxazole rings is 1. The second-order valence-corrected chi connectivity index (χ2v) is 5.16. The molecule has 2 aromatic carbocycles. The second-order valence-electron chi connectivity index (χ2n) is 4.72. The van der Waals surface area contributed by atoms with Crippen molar-refractivity contribution in [3.05, 3.63) is 69.7 Å². The average molecular weight is 341 g/mol.